The minimum Gasteiger partial charge on any atom is -0.336 e. The van der Waals surface area contributed by atoms with Crippen LogP contribution in [0.5, 0.6) is 0 Å². The van der Waals surface area contributed by atoms with E-state index in [9.17, 15) is 4.79 Å². The lowest BCUT2D eigenvalue weighted by Gasteiger charge is -2.18. The van der Waals surface area contributed by atoms with E-state index in [2.05, 4.69) is 29.4 Å². The van der Waals surface area contributed by atoms with Crippen LogP contribution in [0.2, 0.25) is 0 Å². The molecule has 2 amide bonds. The Labute approximate surface area is 105 Å². The highest BCUT2D eigenvalue weighted by atomic mass is 16.2. The van der Waals surface area contributed by atoms with Crippen molar-refractivity contribution in [3.63, 3.8) is 0 Å². The molecule has 5 heteroatoms. The number of amides is 2. The first kappa shape index (κ1) is 14.3. The van der Waals surface area contributed by atoms with Gasteiger partial charge in [0.05, 0.1) is 0 Å². The fraction of sp³-hybridized carbons (Fsp3) is 0.917. The molecule has 0 spiro atoms. The van der Waals surface area contributed by atoms with Crippen molar-refractivity contribution in [3.8, 4) is 0 Å². The lowest BCUT2D eigenvalue weighted by Crippen LogP contribution is -2.35. The molecule has 0 radical (unpaired) electrons. The van der Waals surface area contributed by atoms with Crippen molar-refractivity contribution in [1.82, 2.24) is 20.4 Å². The van der Waals surface area contributed by atoms with Crippen molar-refractivity contribution in [2.24, 2.45) is 0 Å². The Morgan fingerprint density at radius 1 is 1.35 bits per heavy atom. The maximum Gasteiger partial charge on any atom is 0.317 e. The maximum atomic E-state index is 11.2. The molecule has 0 aromatic carbocycles. The van der Waals surface area contributed by atoms with Crippen LogP contribution in [-0.2, 0) is 0 Å². The molecule has 100 valence electrons. The Morgan fingerprint density at radius 3 is 2.71 bits per heavy atom. The van der Waals surface area contributed by atoms with Crippen LogP contribution in [0, 0.1) is 0 Å². The molecule has 0 aromatic heterocycles. The van der Waals surface area contributed by atoms with E-state index in [0.717, 1.165) is 52.4 Å². The van der Waals surface area contributed by atoms with Crippen LogP contribution in [0.1, 0.15) is 20.3 Å². The number of carbonyl (C=O) groups is 1. The second kappa shape index (κ2) is 8.31. The smallest absolute Gasteiger partial charge is 0.317 e. The van der Waals surface area contributed by atoms with Gasteiger partial charge in [0, 0.05) is 26.2 Å². The van der Waals surface area contributed by atoms with Gasteiger partial charge in [0.15, 0.2) is 0 Å². The van der Waals surface area contributed by atoms with Gasteiger partial charge in [-0.1, -0.05) is 13.8 Å². The number of hydrogen-bond acceptors (Lipinski definition) is 3. The van der Waals surface area contributed by atoms with E-state index in [1.54, 1.807) is 0 Å². The largest absolute Gasteiger partial charge is 0.336 e. The Morgan fingerprint density at radius 2 is 2.12 bits per heavy atom. The van der Waals surface area contributed by atoms with Gasteiger partial charge in [-0.25, -0.2) is 4.79 Å². The molecule has 17 heavy (non-hydrogen) atoms. The fourth-order valence-corrected chi connectivity index (χ4v) is 2.03. The predicted molar refractivity (Wildman–Crippen MR) is 70.2 cm³/mol. The van der Waals surface area contributed by atoms with E-state index in [1.807, 2.05) is 4.90 Å². The van der Waals surface area contributed by atoms with Crippen LogP contribution in [0.3, 0.4) is 0 Å². The van der Waals surface area contributed by atoms with Crippen LogP contribution >= 0.6 is 0 Å². The zero-order valence-electron chi connectivity index (χ0n) is 11.2. The average Bonchev–Trinajstić information content (AvgIpc) is 2.74. The Hall–Kier alpha value is -0.810. The van der Waals surface area contributed by atoms with Gasteiger partial charge in [0.1, 0.15) is 0 Å². The third-order valence-electron chi connectivity index (χ3n) is 3.23. The lowest BCUT2D eigenvalue weighted by atomic mass is 10.3. The van der Waals surface area contributed by atoms with Crippen molar-refractivity contribution in [3.05, 3.63) is 0 Å². The summed E-state index contributed by atoms with van der Waals surface area (Å²) < 4.78 is 0. The molecule has 0 aromatic rings. The molecule has 0 saturated carbocycles. The molecule has 1 heterocycles. The maximum absolute atomic E-state index is 11.2. The molecule has 0 aliphatic carbocycles. The summed E-state index contributed by atoms with van der Waals surface area (Å²) in [7, 11) is 0. The monoisotopic (exact) mass is 242 g/mol. The topological polar surface area (TPSA) is 47.6 Å². The second-order valence-electron chi connectivity index (χ2n) is 4.35. The molecule has 1 fully saturated rings. The fourth-order valence-electron chi connectivity index (χ4n) is 2.03. The molecular formula is C12H26N4O. The minimum absolute atomic E-state index is 0.0786. The molecule has 1 saturated heterocycles. The number of carbonyl (C=O) groups excluding carboxylic acids is 1. The summed E-state index contributed by atoms with van der Waals surface area (Å²) in [6.07, 6.45) is 1.17. The average molecular weight is 242 g/mol. The standard InChI is InChI=1S/C12H26N4O/c1-3-15(4-2)9-5-6-13-7-10-16-11-8-14-12(16)17/h13H,3-11H2,1-2H3,(H,14,17). The number of urea groups is 1. The van der Waals surface area contributed by atoms with Crippen molar-refractivity contribution >= 4 is 6.03 Å². The van der Waals surface area contributed by atoms with E-state index >= 15 is 0 Å². The SMILES string of the molecule is CCN(CC)CCCNCCN1CCNC1=O. The number of hydrogen-bond donors (Lipinski definition) is 2. The van der Waals surface area contributed by atoms with Gasteiger partial charge in [0.25, 0.3) is 0 Å². The lowest BCUT2D eigenvalue weighted by molar-refractivity contribution is 0.217. The molecular weight excluding hydrogens is 216 g/mol. The molecule has 0 atom stereocenters. The Kier molecular flexibility index (Phi) is 6.96. The molecule has 0 bridgehead atoms. The second-order valence-corrected chi connectivity index (χ2v) is 4.35. The molecule has 1 aliphatic heterocycles. The van der Waals surface area contributed by atoms with Gasteiger partial charge in [-0.15, -0.1) is 0 Å². The van der Waals surface area contributed by atoms with Crippen molar-refractivity contribution in [2.45, 2.75) is 20.3 Å². The normalized spacial score (nSPS) is 15.7. The van der Waals surface area contributed by atoms with Crippen LogP contribution in [0.15, 0.2) is 0 Å². The highest BCUT2D eigenvalue weighted by Crippen LogP contribution is 1.94. The number of rotatable bonds is 9. The summed E-state index contributed by atoms with van der Waals surface area (Å²) in [5, 5.41) is 6.19. The highest BCUT2D eigenvalue weighted by molar-refractivity contribution is 5.76. The predicted octanol–water partition coefficient (Wildman–Crippen LogP) is 0.333. The zero-order chi connectivity index (χ0) is 12.5. The third-order valence-corrected chi connectivity index (χ3v) is 3.23. The van der Waals surface area contributed by atoms with Crippen molar-refractivity contribution in [2.75, 3.05) is 52.4 Å². The van der Waals surface area contributed by atoms with Gasteiger partial charge >= 0.3 is 6.03 Å². The first-order valence-corrected chi connectivity index (χ1v) is 6.73. The summed E-state index contributed by atoms with van der Waals surface area (Å²) in [6.45, 7) is 12.2. The van der Waals surface area contributed by atoms with E-state index in [1.165, 1.54) is 6.42 Å². The summed E-state index contributed by atoms with van der Waals surface area (Å²) in [5.74, 6) is 0. The third kappa shape index (κ3) is 5.37. The molecule has 1 rings (SSSR count). The minimum atomic E-state index is 0.0786. The summed E-state index contributed by atoms with van der Waals surface area (Å²) >= 11 is 0. The number of nitrogens with one attached hydrogen (secondary N) is 2. The van der Waals surface area contributed by atoms with E-state index < -0.39 is 0 Å². The molecule has 5 nitrogen and oxygen atoms in total. The van der Waals surface area contributed by atoms with Crippen molar-refractivity contribution in [1.29, 1.82) is 0 Å². The van der Waals surface area contributed by atoms with Crippen molar-refractivity contribution < 1.29 is 4.79 Å². The van der Waals surface area contributed by atoms with E-state index in [4.69, 9.17) is 0 Å². The summed E-state index contributed by atoms with van der Waals surface area (Å²) in [6, 6.07) is 0.0786. The van der Waals surface area contributed by atoms with Crippen LogP contribution in [0.25, 0.3) is 0 Å². The zero-order valence-corrected chi connectivity index (χ0v) is 11.2. The van der Waals surface area contributed by atoms with Gasteiger partial charge < -0.3 is 20.4 Å². The molecule has 0 unspecified atom stereocenters. The van der Waals surface area contributed by atoms with Gasteiger partial charge in [-0.05, 0) is 32.6 Å². The van der Waals surface area contributed by atoms with E-state index in [0.29, 0.717) is 0 Å². The molecule has 1 aliphatic rings. The van der Waals surface area contributed by atoms with Crippen LogP contribution < -0.4 is 10.6 Å². The van der Waals surface area contributed by atoms with E-state index in [-0.39, 0.29) is 6.03 Å². The van der Waals surface area contributed by atoms with Crippen LogP contribution in [0.4, 0.5) is 4.79 Å². The first-order chi connectivity index (χ1) is 8.27. The van der Waals surface area contributed by atoms with Crippen LogP contribution in [-0.4, -0.2) is 68.2 Å². The Bertz CT molecular complexity index is 219. The summed E-state index contributed by atoms with van der Waals surface area (Å²) in [4.78, 5) is 15.5. The quantitative estimate of drug-likeness (QED) is 0.573. The van der Waals surface area contributed by atoms with Gasteiger partial charge in [0.2, 0.25) is 0 Å². The molecule has 2 N–H and O–H groups in total. The first-order valence-electron chi connectivity index (χ1n) is 6.73. The van der Waals surface area contributed by atoms with Gasteiger partial charge in [-0.3, -0.25) is 0 Å². The Balaban J connectivity index is 1.92. The number of nitrogens with zero attached hydrogens (tertiary/aromatic N) is 2. The van der Waals surface area contributed by atoms with Gasteiger partial charge in [-0.2, -0.15) is 0 Å². The highest BCUT2D eigenvalue weighted by Gasteiger charge is 2.17. The summed E-state index contributed by atoms with van der Waals surface area (Å²) in [5.41, 5.74) is 0.